The molecule has 0 bridgehead atoms. The van der Waals surface area contributed by atoms with Crippen LogP contribution in [0.2, 0.25) is 0 Å². The minimum Gasteiger partial charge on any atom is -0.497 e. The Bertz CT molecular complexity index is 1060. The predicted molar refractivity (Wildman–Crippen MR) is 142 cm³/mol. The van der Waals surface area contributed by atoms with Crippen molar-refractivity contribution in [1.29, 1.82) is 0 Å². The molecule has 3 rings (SSSR count). The van der Waals surface area contributed by atoms with Crippen molar-refractivity contribution in [1.82, 2.24) is 10.2 Å². The first-order valence-electron chi connectivity index (χ1n) is 12.5. The minimum absolute atomic E-state index is 0.0759. The first kappa shape index (κ1) is 27.0. The van der Waals surface area contributed by atoms with E-state index in [-0.39, 0.29) is 11.8 Å². The maximum Gasteiger partial charge on any atom is 0.247 e. The lowest BCUT2D eigenvalue weighted by Gasteiger charge is -2.32. The van der Waals surface area contributed by atoms with Crippen molar-refractivity contribution in [2.75, 3.05) is 26.9 Å². The third-order valence-corrected chi connectivity index (χ3v) is 5.95. The largest absolute Gasteiger partial charge is 0.497 e. The van der Waals surface area contributed by atoms with Crippen LogP contribution < -0.4 is 10.1 Å². The van der Waals surface area contributed by atoms with Crippen LogP contribution in [0, 0.1) is 0 Å². The highest BCUT2D eigenvalue weighted by molar-refractivity contribution is 5.88. The molecule has 190 valence electrons. The molecule has 2 amide bonds. The Kier molecular flexibility index (Phi) is 11.0. The number of rotatable bonds is 14. The monoisotopic (exact) mass is 488 g/mol. The minimum atomic E-state index is -0.747. The van der Waals surface area contributed by atoms with Crippen LogP contribution in [-0.2, 0) is 27.3 Å². The standard InChI is InChI=1S/C30H36N2O4/c1-3-36-22-10-21-31-30(34)29(26-13-8-5-9-14-26)32(23-25-15-18-27(35-2)19-16-25)28(33)20-17-24-11-6-4-7-12-24/h4-9,11-16,18-19,29H,3,10,17,20-23H2,1-2H3,(H,31,34). The maximum atomic E-state index is 13.7. The van der Waals surface area contributed by atoms with Gasteiger partial charge in [-0.05, 0) is 48.6 Å². The zero-order valence-corrected chi connectivity index (χ0v) is 21.2. The van der Waals surface area contributed by atoms with E-state index in [1.165, 1.54) is 0 Å². The second kappa shape index (κ2) is 14.7. The summed E-state index contributed by atoms with van der Waals surface area (Å²) in [5.74, 6) is 0.472. The summed E-state index contributed by atoms with van der Waals surface area (Å²) >= 11 is 0. The average Bonchev–Trinajstić information content (AvgIpc) is 2.93. The highest BCUT2D eigenvalue weighted by atomic mass is 16.5. The zero-order valence-electron chi connectivity index (χ0n) is 21.2. The Morgan fingerprint density at radius 2 is 1.56 bits per heavy atom. The molecule has 0 saturated carbocycles. The van der Waals surface area contributed by atoms with Gasteiger partial charge in [-0.25, -0.2) is 0 Å². The average molecular weight is 489 g/mol. The number of carbonyl (C=O) groups is 2. The van der Waals surface area contributed by atoms with Gasteiger partial charge >= 0.3 is 0 Å². The third-order valence-electron chi connectivity index (χ3n) is 5.95. The molecule has 3 aromatic carbocycles. The molecule has 0 spiro atoms. The Balaban J connectivity index is 1.86. The number of nitrogens with one attached hydrogen (secondary N) is 1. The number of carbonyl (C=O) groups excluding carboxylic acids is 2. The number of methoxy groups -OCH3 is 1. The van der Waals surface area contributed by atoms with Gasteiger partial charge < -0.3 is 19.7 Å². The summed E-state index contributed by atoms with van der Waals surface area (Å²) in [6, 6.07) is 26.3. The smallest absolute Gasteiger partial charge is 0.247 e. The number of hydrogen-bond donors (Lipinski definition) is 1. The van der Waals surface area contributed by atoms with Crippen molar-refractivity contribution < 1.29 is 19.1 Å². The van der Waals surface area contributed by atoms with Gasteiger partial charge in [0.1, 0.15) is 11.8 Å². The summed E-state index contributed by atoms with van der Waals surface area (Å²) < 4.78 is 10.7. The molecule has 0 aliphatic heterocycles. The van der Waals surface area contributed by atoms with Crippen LogP contribution in [0.25, 0.3) is 0 Å². The first-order chi connectivity index (χ1) is 17.6. The van der Waals surface area contributed by atoms with Crippen LogP contribution in [0.15, 0.2) is 84.9 Å². The summed E-state index contributed by atoms with van der Waals surface area (Å²) in [4.78, 5) is 28.9. The van der Waals surface area contributed by atoms with Crippen LogP contribution in [0.1, 0.15) is 42.5 Å². The van der Waals surface area contributed by atoms with E-state index in [4.69, 9.17) is 9.47 Å². The van der Waals surface area contributed by atoms with Crippen LogP contribution >= 0.6 is 0 Å². The van der Waals surface area contributed by atoms with Gasteiger partial charge in [-0.15, -0.1) is 0 Å². The lowest BCUT2D eigenvalue weighted by Crippen LogP contribution is -2.43. The van der Waals surface area contributed by atoms with Gasteiger partial charge in [0.15, 0.2) is 0 Å². The highest BCUT2D eigenvalue weighted by Crippen LogP contribution is 2.26. The van der Waals surface area contributed by atoms with Crippen molar-refractivity contribution in [3.8, 4) is 5.75 Å². The third kappa shape index (κ3) is 8.24. The van der Waals surface area contributed by atoms with Crippen molar-refractivity contribution in [3.63, 3.8) is 0 Å². The Morgan fingerprint density at radius 1 is 0.889 bits per heavy atom. The van der Waals surface area contributed by atoms with Crippen LogP contribution in [0.4, 0.5) is 0 Å². The van der Waals surface area contributed by atoms with E-state index in [9.17, 15) is 9.59 Å². The molecule has 1 atom stereocenters. The van der Waals surface area contributed by atoms with Crippen LogP contribution in [0.3, 0.4) is 0 Å². The molecular formula is C30H36N2O4. The zero-order chi connectivity index (χ0) is 25.6. The van der Waals surface area contributed by atoms with Gasteiger partial charge in [-0.3, -0.25) is 9.59 Å². The van der Waals surface area contributed by atoms with E-state index in [2.05, 4.69) is 5.32 Å². The van der Waals surface area contributed by atoms with E-state index in [0.717, 1.165) is 22.4 Å². The van der Waals surface area contributed by atoms with Gasteiger partial charge in [-0.1, -0.05) is 72.8 Å². The summed E-state index contributed by atoms with van der Waals surface area (Å²) in [5, 5.41) is 3.02. The maximum absolute atomic E-state index is 13.7. The van der Waals surface area contributed by atoms with E-state index in [0.29, 0.717) is 45.6 Å². The number of aryl methyl sites for hydroxylation is 1. The number of nitrogens with zero attached hydrogens (tertiary/aromatic N) is 1. The fourth-order valence-corrected chi connectivity index (χ4v) is 4.03. The molecule has 0 fully saturated rings. The SMILES string of the molecule is CCOCCCNC(=O)C(c1ccccc1)N(Cc1ccc(OC)cc1)C(=O)CCc1ccccc1. The van der Waals surface area contributed by atoms with Gasteiger partial charge in [0.25, 0.3) is 0 Å². The lowest BCUT2D eigenvalue weighted by atomic mass is 10.0. The normalized spacial score (nSPS) is 11.5. The Hall–Kier alpha value is -3.64. The molecule has 0 saturated heterocycles. The van der Waals surface area contributed by atoms with E-state index in [1.54, 1.807) is 12.0 Å². The van der Waals surface area contributed by atoms with Gasteiger partial charge in [0.05, 0.1) is 7.11 Å². The van der Waals surface area contributed by atoms with E-state index in [1.807, 2.05) is 91.9 Å². The van der Waals surface area contributed by atoms with Crippen LogP contribution in [-0.4, -0.2) is 43.6 Å². The van der Waals surface area contributed by atoms with Crippen molar-refractivity contribution >= 4 is 11.8 Å². The van der Waals surface area contributed by atoms with Crippen molar-refractivity contribution in [2.45, 2.75) is 38.8 Å². The molecule has 0 aliphatic carbocycles. The molecular weight excluding hydrogens is 452 g/mol. The predicted octanol–water partition coefficient (Wildman–Crippen LogP) is 4.94. The van der Waals surface area contributed by atoms with Gasteiger partial charge in [0, 0.05) is 32.7 Å². The molecule has 1 unspecified atom stereocenters. The fourth-order valence-electron chi connectivity index (χ4n) is 4.03. The van der Waals surface area contributed by atoms with Gasteiger partial charge in [0.2, 0.25) is 11.8 Å². The second-order valence-electron chi connectivity index (χ2n) is 8.51. The molecule has 0 heterocycles. The lowest BCUT2D eigenvalue weighted by molar-refractivity contribution is -0.141. The molecule has 0 aromatic heterocycles. The molecule has 6 nitrogen and oxygen atoms in total. The quantitative estimate of drug-likeness (QED) is 0.326. The molecule has 6 heteroatoms. The Labute approximate surface area is 214 Å². The summed E-state index contributed by atoms with van der Waals surface area (Å²) in [5.41, 5.74) is 2.79. The molecule has 1 N–H and O–H groups in total. The second-order valence-corrected chi connectivity index (χ2v) is 8.51. The molecule has 3 aromatic rings. The van der Waals surface area contributed by atoms with Gasteiger partial charge in [-0.2, -0.15) is 0 Å². The number of hydrogen-bond acceptors (Lipinski definition) is 4. The summed E-state index contributed by atoms with van der Waals surface area (Å²) in [6.45, 7) is 3.97. The molecule has 36 heavy (non-hydrogen) atoms. The van der Waals surface area contributed by atoms with Crippen LogP contribution in [0.5, 0.6) is 5.75 Å². The van der Waals surface area contributed by atoms with Crippen molar-refractivity contribution in [3.05, 3.63) is 102 Å². The van der Waals surface area contributed by atoms with Crippen molar-refractivity contribution in [2.24, 2.45) is 0 Å². The molecule has 0 radical (unpaired) electrons. The number of amides is 2. The number of ether oxygens (including phenoxy) is 2. The fraction of sp³-hybridized carbons (Fsp3) is 0.333. The summed E-state index contributed by atoms with van der Waals surface area (Å²) in [7, 11) is 1.62. The molecule has 0 aliphatic rings. The van der Waals surface area contributed by atoms with E-state index >= 15 is 0 Å². The Morgan fingerprint density at radius 3 is 2.19 bits per heavy atom. The first-order valence-corrected chi connectivity index (χ1v) is 12.5. The summed E-state index contributed by atoms with van der Waals surface area (Å²) in [6.07, 6.45) is 1.62. The number of benzene rings is 3. The van der Waals surface area contributed by atoms with E-state index < -0.39 is 6.04 Å². The highest BCUT2D eigenvalue weighted by Gasteiger charge is 2.31. The topological polar surface area (TPSA) is 67.9 Å².